The fourth-order valence-electron chi connectivity index (χ4n) is 2.12. The molecular formula is C16H12ClFN2OS2. The number of amides is 1. The molecule has 0 radical (unpaired) electrons. The molecule has 0 unspecified atom stereocenters. The zero-order valence-electron chi connectivity index (χ0n) is 12.1. The van der Waals surface area contributed by atoms with Crippen LogP contribution in [-0.4, -0.2) is 10.9 Å². The maximum absolute atomic E-state index is 13.1. The molecule has 3 rings (SSSR count). The van der Waals surface area contributed by atoms with Gasteiger partial charge in [0.15, 0.2) is 0 Å². The molecule has 23 heavy (non-hydrogen) atoms. The van der Waals surface area contributed by atoms with Gasteiger partial charge in [-0.2, -0.15) is 0 Å². The Labute approximate surface area is 145 Å². The predicted molar refractivity (Wildman–Crippen MR) is 93.9 cm³/mol. The van der Waals surface area contributed by atoms with E-state index in [1.54, 1.807) is 11.3 Å². The van der Waals surface area contributed by atoms with Crippen LogP contribution in [0.15, 0.2) is 35.7 Å². The monoisotopic (exact) mass is 366 g/mol. The second-order valence-electron chi connectivity index (χ2n) is 4.84. The van der Waals surface area contributed by atoms with Crippen LogP contribution >= 0.6 is 34.3 Å². The van der Waals surface area contributed by atoms with Gasteiger partial charge in [0.05, 0.1) is 27.0 Å². The largest absolute Gasteiger partial charge is 0.326 e. The molecule has 0 bridgehead atoms. The Morgan fingerprint density at radius 2 is 2.22 bits per heavy atom. The highest BCUT2D eigenvalue weighted by atomic mass is 35.5. The average molecular weight is 367 g/mol. The first-order valence-electron chi connectivity index (χ1n) is 6.78. The summed E-state index contributed by atoms with van der Waals surface area (Å²) in [7, 11) is 0. The zero-order chi connectivity index (χ0) is 16.4. The molecule has 7 heteroatoms. The van der Waals surface area contributed by atoms with E-state index >= 15 is 0 Å². The molecule has 0 saturated heterocycles. The van der Waals surface area contributed by atoms with E-state index in [4.69, 9.17) is 11.6 Å². The SMILES string of the molecule is Cc1nc(-c2cccs2)c(CC(=O)Nc2ccc(F)c(Cl)c2)s1. The molecule has 3 aromatic rings. The van der Waals surface area contributed by atoms with E-state index in [0.29, 0.717) is 5.69 Å². The first-order valence-corrected chi connectivity index (χ1v) is 8.85. The van der Waals surface area contributed by atoms with Gasteiger partial charge in [-0.3, -0.25) is 4.79 Å². The van der Waals surface area contributed by atoms with Crippen LogP contribution in [0.3, 0.4) is 0 Å². The Bertz CT molecular complexity index is 846. The molecule has 1 amide bonds. The summed E-state index contributed by atoms with van der Waals surface area (Å²) in [6.07, 6.45) is 0.216. The molecule has 118 valence electrons. The van der Waals surface area contributed by atoms with Crippen molar-refractivity contribution in [3.8, 4) is 10.6 Å². The molecule has 0 aliphatic heterocycles. The number of hydrogen-bond donors (Lipinski definition) is 1. The van der Waals surface area contributed by atoms with Gasteiger partial charge in [-0.1, -0.05) is 17.7 Å². The number of aromatic nitrogens is 1. The van der Waals surface area contributed by atoms with Crippen molar-refractivity contribution in [3.63, 3.8) is 0 Å². The van der Waals surface area contributed by atoms with Crippen molar-refractivity contribution in [2.75, 3.05) is 5.32 Å². The number of aryl methyl sites for hydroxylation is 1. The lowest BCUT2D eigenvalue weighted by molar-refractivity contribution is -0.115. The van der Waals surface area contributed by atoms with E-state index < -0.39 is 5.82 Å². The number of carbonyl (C=O) groups excluding carboxylic acids is 1. The fraction of sp³-hybridized carbons (Fsp3) is 0.125. The molecule has 0 aliphatic carbocycles. The van der Waals surface area contributed by atoms with Crippen LogP contribution in [-0.2, 0) is 11.2 Å². The third-order valence-electron chi connectivity index (χ3n) is 3.08. The van der Waals surface area contributed by atoms with Gasteiger partial charge in [-0.25, -0.2) is 9.37 Å². The summed E-state index contributed by atoms with van der Waals surface area (Å²) in [5.41, 5.74) is 1.33. The second kappa shape index (κ2) is 6.78. The molecule has 0 aliphatic rings. The first-order chi connectivity index (χ1) is 11.0. The number of nitrogens with one attached hydrogen (secondary N) is 1. The van der Waals surface area contributed by atoms with Crippen molar-refractivity contribution in [3.05, 3.63) is 56.4 Å². The Morgan fingerprint density at radius 3 is 2.91 bits per heavy atom. The molecule has 2 heterocycles. The lowest BCUT2D eigenvalue weighted by Crippen LogP contribution is -2.14. The van der Waals surface area contributed by atoms with Crippen LogP contribution in [0.1, 0.15) is 9.88 Å². The summed E-state index contributed by atoms with van der Waals surface area (Å²) >= 11 is 8.82. The van der Waals surface area contributed by atoms with Crippen molar-refractivity contribution in [2.24, 2.45) is 0 Å². The number of rotatable bonds is 4. The molecule has 3 nitrogen and oxygen atoms in total. The number of carbonyl (C=O) groups is 1. The molecular weight excluding hydrogens is 355 g/mol. The maximum atomic E-state index is 13.1. The summed E-state index contributed by atoms with van der Waals surface area (Å²) in [6.45, 7) is 1.92. The zero-order valence-corrected chi connectivity index (χ0v) is 14.5. The second-order valence-corrected chi connectivity index (χ2v) is 7.48. The van der Waals surface area contributed by atoms with Gasteiger partial charge in [0.2, 0.25) is 5.91 Å². The van der Waals surface area contributed by atoms with E-state index in [0.717, 1.165) is 20.5 Å². The smallest absolute Gasteiger partial charge is 0.229 e. The van der Waals surface area contributed by atoms with Crippen LogP contribution in [0.5, 0.6) is 0 Å². The third kappa shape index (κ3) is 3.77. The number of nitrogens with zero attached hydrogens (tertiary/aromatic N) is 1. The normalized spacial score (nSPS) is 10.7. The van der Waals surface area contributed by atoms with Gasteiger partial charge in [0.25, 0.3) is 0 Å². The highest BCUT2D eigenvalue weighted by Crippen LogP contribution is 2.31. The standard InChI is InChI=1S/C16H12ClFN2OS2/c1-9-19-16(13-3-2-6-22-13)14(23-9)8-15(21)20-10-4-5-12(18)11(17)7-10/h2-7H,8H2,1H3,(H,20,21). The van der Waals surface area contributed by atoms with Crippen molar-refractivity contribution < 1.29 is 9.18 Å². The van der Waals surface area contributed by atoms with E-state index in [1.165, 1.54) is 29.5 Å². The summed E-state index contributed by atoms with van der Waals surface area (Å²) in [5, 5.41) is 5.61. The van der Waals surface area contributed by atoms with Crippen molar-refractivity contribution >= 4 is 45.9 Å². The summed E-state index contributed by atoms with van der Waals surface area (Å²) in [5.74, 6) is -0.697. The van der Waals surface area contributed by atoms with Gasteiger partial charge in [0, 0.05) is 10.6 Å². The maximum Gasteiger partial charge on any atom is 0.229 e. The van der Waals surface area contributed by atoms with Crippen molar-refractivity contribution in [1.82, 2.24) is 4.98 Å². The topological polar surface area (TPSA) is 42.0 Å². The van der Waals surface area contributed by atoms with Crippen LogP contribution in [0, 0.1) is 12.7 Å². The molecule has 0 atom stereocenters. The minimum absolute atomic E-state index is 0.0179. The van der Waals surface area contributed by atoms with Crippen LogP contribution < -0.4 is 5.32 Å². The molecule has 1 N–H and O–H groups in total. The number of hydrogen-bond acceptors (Lipinski definition) is 4. The fourth-order valence-corrected chi connectivity index (χ4v) is 4.06. The van der Waals surface area contributed by atoms with E-state index in [2.05, 4.69) is 10.3 Å². The Kier molecular flexibility index (Phi) is 4.75. The van der Waals surface area contributed by atoms with Gasteiger partial charge < -0.3 is 5.32 Å². The summed E-state index contributed by atoms with van der Waals surface area (Å²) in [4.78, 5) is 18.7. The van der Waals surface area contributed by atoms with Gasteiger partial charge in [-0.15, -0.1) is 22.7 Å². The minimum atomic E-state index is -0.511. The van der Waals surface area contributed by atoms with E-state index in [9.17, 15) is 9.18 Å². The highest BCUT2D eigenvalue weighted by Gasteiger charge is 2.16. The van der Waals surface area contributed by atoms with Gasteiger partial charge >= 0.3 is 0 Å². The number of thiophene rings is 1. The number of thiazole rings is 1. The summed E-state index contributed by atoms with van der Waals surface area (Å²) < 4.78 is 13.1. The van der Waals surface area contributed by atoms with Crippen molar-refractivity contribution in [2.45, 2.75) is 13.3 Å². The van der Waals surface area contributed by atoms with Crippen LogP contribution in [0.2, 0.25) is 5.02 Å². The third-order valence-corrected chi connectivity index (χ3v) is 5.22. The molecule has 0 spiro atoms. The lowest BCUT2D eigenvalue weighted by Gasteiger charge is -2.06. The number of halogens is 2. The van der Waals surface area contributed by atoms with Crippen LogP contribution in [0.25, 0.3) is 10.6 Å². The average Bonchev–Trinajstić information content (AvgIpc) is 3.12. The molecule has 0 saturated carbocycles. The number of benzene rings is 1. The lowest BCUT2D eigenvalue weighted by atomic mass is 10.2. The predicted octanol–water partition coefficient (Wildman–Crippen LogP) is 5.15. The Balaban J connectivity index is 1.77. The molecule has 0 fully saturated rings. The first kappa shape index (κ1) is 16.1. The Hall–Kier alpha value is -1.76. The highest BCUT2D eigenvalue weighted by molar-refractivity contribution is 7.15. The minimum Gasteiger partial charge on any atom is -0.326 e. The summed E-state index contributed by atoms with van der Waals surface area (Å²) in [6, 6.07) is 8.05. The Morgan fingerprint density at radius 1 is 1.39 bits per heavy atom. The van der Waals surface area contributed by atoms with E-state index in [1.807, 2.05) is 24.4 Å². The van der Waals surface area contributed by atoms with Crippen molar-refractivity contribution in [1.29, 1.82) is 0 Å². The van der Waals surface area contributed by atoms with Gasteiger partial charge in [0.1, 0.15) is 5.82 Å². The van der Waals surface area contributed by atoms with Gasteiger partial charge in [-0.05, 0) is 36.6 Å². The quantitative estimate of drug-likeness (QED) is 0.693. The van der Waals surface area contributed by atoms with E-state index in [-0.39, 0.29) is 17.4 Å². The van der Waals surface area contributed by atoms with Crippen LogP contribution in [0.4, 0.5) is 10.1 Å². The molecule has 2 aromatic heterocycles. The molecule has 1 aromatic carbocycles. The number of anilines is 1.